The van der Waals surface area contributed by atoms with E-state index in [1.54, 1.807) is 0 Å². The molecule has 3 heteroatoms. The topological polar surface area (TPSA) is 55.1 Å². The van der Waals surface area contributed by atoms with E-state index in [0.717, 1.165) is 31.2 Å². The van der Waals surface area contributed by atoms with Gasteiger partial charge in [-0.05, 0) is 49.7 Å². The predicted molar refractivity (Wildman–Crippen MR) is 86.9 cm³/mol. The van der Waals surface area contributed by atoms with Crippen LogP contribution in [0.25, 0.3) is 0 Å². The minimum atomic E-state index is -0.245. The molecule has 0 radical (unpaired) electrons. The van der Waals surface area contributed by atoms with Crippen LogP contribution in [0.1, 0.15) is 63.6 Å². The van der Waals surface area contributed by atoms with E-state index in [1.807, 2.05) is 6.92 Å². The van der Waals surface area contributed by atoms with Crippen LogP contribution in [-0.4, -0.2) is 11.4 Å². The molecule has 3 N–H and O–H groups in total. The molecular formula is C18H28N2O. The van der Waals surface area contributed by atoms with Crippen LogP contribution in [-0.2, 0) is 11.2 Å². The Morgan fingerprint density at radius 1 is 1.24 bits per heavy atom. The van der Waals surface area contributed by atoms with Gasteiger partial charge in [-0.25, -0.2) is 0 Å². The fraction of sp³-hybridized carbons (Fsp3) is 0.611. The molecule has 0 aromatic heterocycles. The Morgan fingerprint density at radius 2 is 1.86 bits per heavy atom. The molecule has 0 aliphatic heterocycles. The molecular weight excluding hydrogens is 260 g/mol. The van der Waals surface area contributed by atoms with E-state index in [2.05, 4.69) is 43.4 Å². The summed E-state index contributed by atoms with van der Waals surface area (Å²) in [4.78, 5) is 12.1. The smallest absolute Gasteiger partial charge is 0.222 e. The van der Waals surface area contributed by atoms with Crippen molar-refractivity contribution in [3.63, 3.8) is 0 Å². The van der Waals surface area contributed by atoms with Gasteiger partial charge in [0.15, 0.2) is 0 Å². The summed E-state index contributed by atoms with van der Waals surface area (Å²) in [5.41, 5.74) is 8.38. The zero-order chi connectivity index (χ0) is 15.5. The molecule has 3 nitrogen and oxygen atoms in total. The van der Waals surface area contributed by atoms with Gasteiger partial charge in [-0.2, -0.15) is 0 Å². The van der Waals surface area contributed by atoms with Gasteiger partial charge >= 0.3 is 0 Å². The van der Waals surface area contributed by atoms with Crippen LogP contribution in [0.4, 0.5) is 0 Å². The fourth-order valence-corrected chi connectivity index (χ4v) is 2.92. The molecule has 116 valence electrons. The third kappa shape index (κ3) is 4.57. The van der Waals surface area contributed by atoms with Gasteiger partial charge in [-0.1, -0.05) is 38.1 Å². The van der Waals surface area contributed by atoms with E-state index in [0.29, 0.717) is 12.3 Å². The van der Waals surface area contributed by atoms with Crippen molar-refractivity contribution >= 4 is 5.91 Å². The zero-order valence-corrected chi connectivity index (χ0v) is 13.5. The SMILES string of the molecule is CC(C)Cc1ccc(C(C)NC(=O)CC2(N)CCC2)cc1. The van der Waals surface area contributed by atoms with Gasteiger partial charge in [0.05, 0.1) is 6.04 Å². The maximum atomic E-state index is 12.1. The van der Waals surface area contributed by atoms with Crippen molar-refractivity contribution in [3.05, 3.63) is 35.4 Å². The lowest BCUT2D eigenvalue weighted by Gasteiger charge is -2.37. The maximum Gasteiger partial charge on any atom is 0.222 e. The normalized spacial score (nSPS) is 18.1. The molecule has 1 atom stereocenters. The quantitative estimate of drug-likeness (QED) is 0.843. The lowest BCUT2D eigenvalue weighted by molar-refractivity contribution is -0.123. The number of carbonyl (C=O) groups is 1. The van der Waals surface area contributed by atoms with Crippen molar-refractivity contribution in [2.75, 3.05) is 0 Å². The highest BCUT2D eigenvalue weighted by molar-refractivity contribution is 5.77. The first-order valence-corrected chi connectivity index (χ1v) is 8.05. The third-order valence-corrected chi connectivity index (χ3v) is 4.36. The average molecular weight is 288 g/mol. The van der Waals surface area contributed by atoms with Gasteiger partial charge in [0.25, 0.3) is 0 Å². The summed E-state index contributed by atoms with van der Waals surface area (Å²) in [6, 6.07) is 8.59. The molecule has 1 saturated carbocycles. The summed E-state index contributed by atoms with van der Waals surface area (Å²) >= 11 is 0. The second-order valence-corrected chi connectivity index (χ2v) is 7.02. The summed E-state index contributed by atoms with van der Waals surface area (Å²) in [6.07, 6.45) is 4.63. The highest BCUT2D eigenvalue weighted by Gasteiger charge is 2.34. The van der Waals surface area contributed by atoms with Gasteiger partial charge in [-0.15, -0.1) is 0 Å². The number of benzene rings is 1. The number of amides is 1. The number of nitrogens with one attached hydrogen (secondary N) is 1. The van der Waals surface area contributed by atoms with E-state index in [-0.39, 0.29) is 17.5 Å². The maximum absolute atomic E-state index is 12.1. The fourth-order valence-electron chi connectivity index (χ4n) is 2.92. The summed E-state index contributed by atoms with van der Waals surface area (Å²) in [7, 11) is 0. The number of carbonyl (C=O) groups excluding carboxylic acids is 1. The van der Waals surface area contributed by atoms with Crippen LogP contribution >= 0.6 is 0 Å². The molecule has 1 aromatic rings. The lowest BCUT2D eigenvalue weighted by atomic mass is 9.75. The van der Waals surface area contributed by atoms with Crippen LogP contribution in [0.5, 0.6) is 0 Å². The number of hydrogen-bond donors (Lipinski definition) is 2. The highest BCUT2D eigenvalue weighted by Crippen LogP contribution is 2.32. The van der Waals surface area contributed by atoms with Crippen LogP contribution in [0, 0.1) is 5.92 Å². The molecule has 21 heavy (non-hydrogen) atoms. The van der Waals surface area contributed by atoms with Crippen molar-refractivity contribution in [2.24, 2.45) is 11.7 Å². The Hall–Kier alpha value is -1.35. The molecule has 0 heterocycles. The van der Waals surface area contributed by atoms with E-state index in [4.69, 9.17) is 5.73 Å². The molecule has 1 aromatic carbocycles. The van der Waals surface area contributed by atoms with E-state index < -0.39 is 0 Å². The first-order chi connectivity index (χ1) is 9.88. The number of rotatable bonds is 6. The van der Waals surface area contributed by atoms with Gasteiger partial charge in [-0.3, -0.25) is 4.79 Å². The molecule has 1 aliphatic carbocycles. The molecule has 0 bridgehead atoms. The van der Waals surface area contributed by atoms with E-state index >= 15 is 0 Å². The van der Waals surface area contributed by atoms with Gasteiger partial charge in [0.1, 0.15) is 0 Å². The molecule has 0 saturated heterocycles. The summed E-state index contributed by atoms with van der Waals surface area (Å²) in [5, 5.41) is 3.06. The van der Waals surface area contributed by atoms with Crippen molar-refractivity contribution in [3.8, 4) is 0 Å². The monoisotopic (exact) mass is 288 g/mol. The van der Waals surface area contributed by atoms with Crippen molar-refractivity contribution in [1.82, 2.24) is 5.32 Å². The van der Waals surface area contributed by atoms with Gasteiger partial charge < -0.3 is 11.1 Å². The Labute approximate surface area is 128 Å². The van der Waals surface area contributed by atoms with Gasteiger partial charge in [0, 0.05) is 12.0 Å². The molecule has 1 amide bonds. The second-order valence-electron chi connectivity index (χ2n) is 7.02. The second kappa shape index (κ2) is 6.61. The van der Waals surface area contributed by atoms with Crippen LogP contribution in [0.2, 0.25) is 0 Å². The van der Waals surface area contributed by atoms with E-state index in [1.165, 1.54) is 5.56 Å². The average Bonchev–Trinajstić information content (AvgIpc) is 2.36. The Morgan fingerprint density at radius 3 is 2.33 bits per heavy atom. The number of hydrogen-bond acceptors (Lipinski definition) is 2. The summed E-state index contributed by atoms with van der Waals surface area (Å²) in [6.45, 7) is 6.47. The highest BCUT2D eigenvalue weighted by atomic mass is 16.1. The molecule has 2 rings (SSSR count). The Balaban J connectivity index is 1.87. The van der Waals surface area contributed by atoms with Crippen LogP contribution in [0.3, 0.4) is 0 Å². The van der Waals surface area contributed by atoms with Gasteiger partial charge in [0.2, 0.25) is 5.91 Å². The number of nitrogens with two attached hydrogens (primary N) is 1. The summed E-state index contributed by atoms with van der Waals surface area (Å²) < 4.78 is 0. The largest absolute Gasteiger partial charge is 0.350 e. The van der Waals surface area contributed by atoms with Crippen LogP contribution in [0.15, 0.2) is 24.3 Å². The lowest BCUT2D eigenvalue weighted by Crippen LogP contribution is -2.50. The standard InChI is InChI=1S/C18H28N2O/c1-13(2)11-15-5-7-16(8-6-15)14(3)20-17(21)12-18(19)9-4-10-18/h5-8,13-14H,4,9-12,19H2,1-3H3,(H,20,21). The minimum Gasteiger partial charge on any atom is -0.350 e. The Kier molecular flexibility index (Phi) is 5.04. The molecule has 1 fully saturated rings. The molecule has 0 spiro atoms. The first-order valence-electron chi connectivity index (χ1n) is 8.05. The Bertz CT molecular complexity index is 474. The summed E-state index contributed by atoms with van der Waals surface area (Å²) in [5.74, 6) is 0.729. The molecule has 1 unspecified atom stereocenters. The molecule has 1 aliphatic rings. The predicted octanol–water partition coefficient (Wildman–Crippen LogP) is 3.33. The van der Waals surface area contributed by atoms with Crippen molar-refractivity contribution in [2.45, 2.75) is 64.5 Å². The van der Waals surface area contributed by atoms with Crippen LogP contribution < -0.4 is 11.1 Å². The minimum absolute atomic E-state index is 0.0364. The van der Waals surface area contributed by atoms with Crippen molar-refractivity contribution in [1.29, 1.82) is 0 Å². The first kappa shape index (κ1) is 16.0. The van der Waals surface area contributed by atoms with Crippen molar-refractivity contribution < 1.29 is 4.79 Å². The third-order valence-electron chi connectivity index (χ3n) is 4.36. The zero-order valence-electron chi connectivity index (χ0n) is 13.5. The van der Waals surface area contributed by atoms with E-state index in [9.17, 15) is 4.79 Å².